The normalized spacial score (nSPS) is 22.6. The maximum absolute atomic E-state index is 12.7. The minimum Gasteiger partial charge on any atom is -0.331 e. The first-order valence-corrected chi connectivity index (χ1v) is 6.71. The third kappa shape index (κ3) is 2.51. The molecule has 0 radical (unpaired) electrons. The van der Waals surface area contributed by atoms with Crippen LogP contribution in [0.2, 0.25) is 0 Å². The topological polar surface area (TPSA) is 75.5 Å². The Labute approximate surface area is 117 Å². The molecule has 20 heavy (non-hydrogen) atoms. The van der Waals surface area contributed by atoms with E-state index >= 15 is 0 Å². The van der Waals surface area contributed by atoms with Crippen molar-refractivity contribution in [2.75, 3.05) is 13.1 Å². The van der Waals surface area contributed by atoms with Crippen molar-refractivity contribution in [2.24, 2.45) is 0 Å². The van der Waals surface area contributed by atoms with Crippen LogP contribution in [-0.4, -0.2) is 40.9 Å². The second-order valence-electron chi connectivity index (χ2n) is 5.28. The van der Waals surface area contributed by atoms with Gasteiger partial charge in [0.2, 0.25) is 0 Å². The highest BCUT2D eigenvalue weighted by Crippen LogP contribution is 2.24. The number of piperazine rings is 1. The summed E-state index contributed by atoms with van der Waals surface area (Å²) in [7, 11) is 0. The number of hydrogen-bond donors (Lipinski definition) is 1. The van der Waals surface area contributed by atoms with Crippen LogP contribution in [0, 0.1) is 17.0 Å². The maximum Gasteiger partial charge on any atom is 0.273 e. The molecule has 6 heteroatoms. The number of carbonyl (C=O) groups is 1. The van der Waals surface area contributed by atoms with Crippen molar-refractivity contribution in [3.8, 4) is 0 Å². The van der Waals surface area contributed by atoms with Gasteiger partial charge in [0.15, 0.2) is 0 Å². The number of nitro groups is 1. The molecule has 6 nitrogen and oxygen atoms in total. The van der Waals surface area contributed by atoms with Gasteiger partial charge in [-0.05, 0) is 26.8 Å². The summed E-state index contributed by atoms with van der Waals surface area (Å²) in [5.41, 5.74) is 0.839. The maximum atomic E-state index is 12.7. The summed E-state index contributed by atoms with van der Waals surface area (Å²) in [6.07, 6.45) is 0. The molecule has 1 fully saturated rings. The predicted octanol–water partition coefficient (Wildman–Crippen LogP) is 1.73. The summed E-state index contributed by atoms with van der Waals surface area (Å²) in [6, 6.07) is 4.80. The standard InChI is InChI=1S/C14H19N3O3/c1-9-7-15-8-10(2)16(9)14(18)12-5-4-6-13(11(12)3)17(19)20/h4-6,9-10,15H,7-8H2,1-3H3. The van der Waals surface area contributed by atoms with Gasteiger partial charge in [-0.2, -0.15) is 0 Å². The number of hydrogen-bond acceptors (Lipinski definition) is 4. The van der Waals surface area contributed by atoms with Crippen LogP contribution in [0.5, 0.6) is 0 Å². The second kappa shape index (κ2) is 5.58. The van der Waals surface area contributed by atoms with Crippen molar-refractivity contribution in [3.05, 3.63) is 39.4 Å². The molecule has 1 N–H and O–H groups in total. The number of amides is 1. The first-order valence-electron chi connectivity index (χ1n) is 6.71. The summed E-state index contributed by atoms with van der Waals surface area (Å²) >= 11 is 0. The number of nitrogens with one attached hydrogen (secondary N) is 1. The van der Waals surface area contributed by atoms with Crippen molar-refractivity contribution in [1.82, 2.24) is 10.2 Å². The average Bonchev–Trinajstić information content (AvgIpc) is 2.38. The Kier molecular flexibility index (Phi) is 4.04. The van der Waals surface area contributed by atoms with E-state index in [0.29, 0.717) is 11.1 Å². The molecule has 1 aromatic carbocycles. The van der Waals surface area contributed by atoms with Crippen LogP contribution in [-0.2, 0) is 0 Å². The van der Waals surface area contributed by atoms with E-state index in [1.807, 2.05) is 18.7 Å². The Bertz CT molecular complexity index is 534. The summed E-state index contributed by atoms with van der Waals surface area (Å²) in [4.78, 5) is 25.0. The van der Waals surface area contributed by atoms with E-state index in [-0.39, 0.29) is 23.7 Å². The van der Waals surface area contributed by atoms with Gasteiger partial charge in [0, 0.05) is 42.4 Å². The highest BCUT2D eigenvalue weighted by atomic mass is 16.6. The van der Waals surface area contributed by atoms with E-state index in [0.717, 1.165) is 13.1 Å². The van der Waals surface area contributed by atoms with E-state index in [9.17, 15) is 14.9 Å². The minimum absolute atomic E-state index is 0.00806. The lowest BCUT2D eigenvalue weighted by Gasteiger charge is -2.39. The third-order valence-corrected chi connectivity index (χ3v) is 3.80. The Morgan fingerprint density at radius 1 is 1.35 bits per heavy atom. The average molecular weight is 277 g/mol. The van der Waals surface area contributed by atoms with E-state index < -0.39 is 4.92 Å². The summed E-state index contributed by atoms with van der Waals surface area (Å²) < 4.78 is 0. The molecule has 0 aromatic heterocycles. The summed E-state index contributed by atoms with van der Waals surface area (Å²) in [5.74, 6) is -0.132. The Morgan fingerprint density at radius 3 is 2.50 bits per heavy atom. The molecule has 0 aliphatic carbocycles. The molecule has 0 bridgehead atoms. The monoisotopic (exact) mass is 277 g/mol. The molecule has 2 atom stereocenters. The lowest BCUT2D eigenvalue weighted by Crippen LogP contribution is -2.57. The van der Waals surface area contributed by atoms with E-state index in [4.69, 9.17) is 0 Å². The van der Waals surface area contributed by atoms with Crippen LogP contribution < -0.4 is 5.32 Å². The molecule has 1 aliphatic heterocycles. The quantitative estimate of drug-likeness (QED) is 0.659. The molecule has 1 heterocycles. The molecule has 2 unspecified atom stereocenters. The van der Waals surface area contributed by atoms with Gasteiger partial charge in [0.05, 0.1) is 4.92 Å². The lowest BCUT2D eigenvalue weighted by atomic mass is 10.0. The zero-order valence-electron chi connectivity index (χ0n) is 11.9. The van der Waals surface area contributed by atoms with Gasteiger partial charge in [0.1, 0.15) is 0 Å². The third-order valence-electron chi connectivity index (χ3n) is 3.80. The minimum atomic E-state index is -0.448. The molecule has 1 aromatic rings. The molecule has 0 spiro atoms. The van der Waals surface area contributed by atoms with E-state index in [2.05, 4.69) is 5.32 Å². The zero-order chi connectivity index (χ0) is 14.9. The largest absolute Gasteiger partial charge is 0.331 e. The number of nitro benzene ring substituents is 1. The molecule has 2 rings (SSSR count). The zero-order valence-corrected chi connectivity index (χ0v) is 11.9. The molecule has 108 valence electrons. The van der Waals surface area contributed by atoms with Crippen LogP contribution >= 0.6 is 0 Å². The van der Waals surface area contributed by atoms with Gasteiger partial charge in [-0.15, -0.1) is 0 Å². The molecular weight excluding hydrogens is 258 g/mol. The van der Waals surface area contributed by atoms with Crippen molar-refractivity contribution < 1.29 is 9.72 Å². The SMILES string of the molecule is Cc1c(C(=O)N2C(C)CNCC2C)cccc1[N+](=O)[O-]. The first-order chi connectivity index (χ1) is 9.43. The van der Waals surface area contributed by atoms with Gasteiger partial charge < -0.3 is 10.2 Å². The molecule has 1 aliphatic rings. The van der Waals surface area contributed by atoms with Gasteiger partial charge in [0.25, 0.3) is 11.6 Å². The van der Waals surface area contributed by atoms with Crippen LogP contribution in [0.4, 0.5) is 5.69 Å². The van der Waals surface area contributed by atoms with Gasteiger partial charge >= 0.3 is 0 Å². The van der Waals surface area contributed by atoms with E-state index in [1.165, 1.54) is 6.07 Å². The van der Waals surface area contributed by atoms with Crippen molar-refractivity contribution in [1.29, 1.82) is 0 Å². The lowest BCUT2D eigenvalue weighted by molar-refractivity contribution is -0.385. The van der Waals surface area contributed by atoms with Crippen molar-refractivity contribution in [2.45, 2.75) is 32.9 Å². The van der Waals surface area contributed by atoms with E-state index in [1.54, 1.807) is 19.1 Å². The number of carbonyl (C=O) groups excluding carboxylic acids is 1. The summed E-state index contributed by atoms with van der Waals surface area (Å²) in [5, 5.41) is 14.2. The Balaban J connectivity index is 2.38. The smallest absolute Gasteiger partial charge is 0.273 e. The highest BCUT2D eigenvalue weighted by Gasteiger charge is 2.31. The van der Waals surface area contributed by atoms with Gasteiger partial charge in [-0.1, -0.05) is 6.07 Å². The van der Waals surface area contributed by atoms with Crippen LogP contribution in [0.1, 0.15) is 29.8 Å². The van der Waals surface area contributed by atoms with Gasteiger partial charge in [-0.3, -0.25) is 14.9 Å². The number of rotatable bonds is 2. The van der Waals surface area contributed by atoms with Crippen LogP contribution in [0.3, 0.4) is 0 Å². The van der Waals surface area contributed by atoms with Crippen LogP contribution in [0.25, 0.3) is 0 Å². The predicted molar refractivity (Wildman–Crippen MR) is 75.8 cm³/mol. The van der Waals surface area contributed by atoms with Crippen molar-refractivity contribution >= 4 is 11.6 Å². The molecular formula is C14H19N3O3. The first kappa shape index (κ1) is 14.5. The number of nitrogens with zero attached hydrogens (tertiary/aromatic N) is 2. The molecule has 1 saturated heterocycles. The molecule has 1 amide bonds. The van der Waals surface area contributed by atoms with Gasteiger partial charge in [-0.25, -0.2) is 0 Å². The van der Waals surface area contributed by atoms with Crippen molar-refractivity contribution in [3.63, 3.8) is 0 Å². The summed E-state index contributed by atoms with van der Waals surface area (Å²) in [6.45, 7) is 7.07. The Morgan fingerprint density at radius 2 is 1.95 bits per heavy atom. The number of benzene rings is 1. The fourth-order valence-corrected chi connectivity index (χ4v) is 2.72. The van der Waals surface area contributed by atoms with Crippen LogP contribution in [0.15, 0.2) is 18.2 Å². The second-order valence-corrected chi connectivity index (χ2v) is 5.28. The fourth-order valence-electron chi connectivity index (χ4n) is 2.72. The highest BCUT2D eigenvalue weighted by molar-refractivity contribution is 5.97. The molecule has 0 saturated carbocycles. The fraction of sp³-hybridized carbons (Fsp3) is 0.500. The Hall–Kier alpha value is -1.95.